The van der Waals surface area contributed by atoms with Crippen molar-refractivity contribution >= 4 is 12.0 Å². The highest BCUT2D eigenvalue weighted by atomic mass is 16.4. The Kier molecular flexibility index (Phi) is 4.97. The van der Waals surface area contributed by atoms with Crippen LogP contribution in [0.2, 0.25) is 0 Å². The highest BCUT2D eigenvalue weighted by Gasteiger charge is 2.31. The summed E-state index contributed by atoms with van der Waals surface area (Å²) in [5.41, 5.74) is 0.950. The predicted octanol–water partition coefficient (Wildman–Crippen LogP) is 0.895. The van der Waals surface area contributed by atoms with Gasteiger partial charge in [0, 0.05) is 30.9 Å². The number of aliphatic carboxylic acids is 1. The third-order valence-corrected chi connectivity index (χ3v) is 3.63. The van der Waals surface area contributed by atoms with E-state index < -0.39 is 11.9 Å². The number of aromatic nitrogens is 2. The fraction of sp³-hybridized carbons (Fsp3) is 0.615. The first-order valence-electron chi connectivity index (χ1n) is 6.91. The topological polar surface area (TPSA) is 107 Å². The molecule has 1 aromatic heterocycles. The molecule has 1 fully saturated rings. The van der Waals surface area contributed by atoms with Gasteiger partial charge in [-0.1, -0.05) is 12.8 Å². The fourth-order valence-corrected chi connectivity index (χ4v) is 2.55. The van der Waals surface area contributed by atoms with E-state index in [1.807, 2.05) is 0 Å². The van der Waals surface area contributed by atoms with Crippen molar-refractivity contribution < 1.29 is 14.7 Å². The Morgan fingerprint density at radius 2 is 2.20 bits per heavy atom. The summed E-state index contributed by atoms with van der Waals surface area (Å²) in [7, 11) is 0. The van der Waals surface area contributed by atoms with Gasteiger partial charge in [0.15, 0.2) is 0 Å². The summed E-state index contributed by atoms with van der Waals surface area (Å²) in [6.07, 6.45) is 7.20. The molecule has 0 aromatic carbocycles. The van der Waals surface area contributed by atoms with E-state index in [2.05, 4.69) is 20.6 Å². The lowest BCUT2D eigenvalue weighted by Gasteiger charge is -2.29. The van der Waals surface area contributed by atoms with Crippen LogP contribution in [0.4, 0.5) is 4.79 Å². The molecule has 2 atom stereocenters. The van der Waals surface area contributed by atoms with Crippen molar-refractivity contribution in [3.05, 3.63) is 18.2 Å². The summed E-state index contributed by atoms with van der Waals surface area (Å²) in [5, 5.41) is 14.7. The number of nitrogens with zero attached hydrogens (tertiary/aromatic N) is 1. The number of carboxylic acid groups (broad SMARTS) is 1. The average molecular weight is 280 g/mol. The second kappa shape index (κ2) is 6.93. The summed E-state index contributed by atoms with van der Waals surface area (Å²) in [5.74, 6) is -1.30. The van der Waals surface area contributed by atoms with Gasteiger partial charge in [0.05, 0.1) is 12.2 Å². The minimum Gasteiger partial charge on any atom is -0.481 e. The first-order valence-corrected chi connectivity index (χ1v) is 6.91. The molecule has 1 heterocycles. The summed E-state index contributed by atoms with van der Waals surface area (Å²) >= 11 is 0. The van der Waals surface area contributed by atoms with Crippen LogP contribution in [0.3, 0.4) is 0 Å². The first kappa shape index (κ1) is 14.4. The molecule has 20 heavy (non-hydrogen) atoms. The molecule has 2 amide bonds. The SMILES string of the molecule is O=C(NCCc1cnc[nH]1)NC1CCCCC1C(=O)O. The van der Waals surface area contributed by atoms with E-state index in [0.717, 1.165) is 25.0 Å². The zero-order chi connectivity index (χ0) is 14.4. The Hall–Kier alpha value is -2.05. The molecule has 7 nitrogen and oxygen atoms in total. The van der Waals surface area contributed by atoms with Crippen LogP contribution in [-0.4, -0.2) is 39.7 Å². The lowest BCUT2D eigenvalue weighted by Crippen LogP contribution is -2.49. The number of imidazole rings is 1. The molecule has 0 saturated heterocycles. The van der Waals surface area contributed by atoms with E-state index in [4.69, 9.17) is 5.11 Å². The standard InChI is InChI=1S/C13H20N4O3/c18-12(19)10-3-1-2-4-11(10)17-13(20)15-6-5-9-7-14-8-16-9/h7-8,10-11H,1-6H2,(H,14,16)(H,18,19)(H2,15,17,20). The molecule has 1 aliphatic rings. The number of nitrogens with one attached hydrogen (secondary N) is 3. The van der Waals surface area contributed by atoms with Gasteiger partial charge in [-0.3, -0.25) is 4.79 Å². The molecular weight excluding hydrogens is 260 g/mol. The Morgan fingerprint density at radius 1 is 1.40 bits per heavy atom. The van der Waals surface area contributed by atoms with E-state index in [-0.39, 0.29) is 12.1 Å². The lowest BCUT2D eigenvalue weighted by molar-refractivity contribution is -0.143. The van der Waals surface area contributed by atoms with Gasteiger partial charge < -0.3 is 20.7 Å². The molecule has 0 aliphatic heterocycles. The average Bonchev–Trinajstić information content (AvgIpc) is 2.92. The maximum absolute atomic E-state index is 11.8. The van der Waals surface area contributed by atoms with Gasteiger partial charge in [-0.25, -0.2) is 9.78 Å². The zero-order valence-corrected chi connectivity index (χ0v) is 11.3. The quantitative estimate of drug-likeness (QED) is 0.642. The summed E-state index contributed by atoms with van der Waals surface area (Å²) < 4.78 is 0. The largest absolute Gasteiger partial charge is 0.481 e. The van der Waals surface area contributed by atoms with Gasteiger partial charge in [-0.2, -0.15) is 0 Å². The van der Waals surface area contributed by atoms with Crippen molar-refractivity contribution in [2.45, 2.75) is 38.1 Å². The summed E-state index contributed by atoms with van der Waals surface area (Å²) in [4.78, 5) is 29.7. The van der Waals surface area contributed by atoms with E-state index in [1.165, 1.54) is 0 Å². The number of carboxylic acids is 1. The van der Waals surface area contributed by atoms with Gasteiger partial charge >= 0.3 is 12.0 Å². The van der Waals surface area contributed by atoms with Crippen LogP contribution in [0.1, 0.15) is 31.4 Å². The molecule has 2 rings (SSSR count). The minimum absolute atomic E-state index is 0.270. The van der Waals surface area contributed by atoms with Crippen molar-refractivity contribution in [2.75, 3.05) is 6.54 Å². The van der Waals surface area contributed by atoms with Crippen molar-refractivity contribution in [3.63, 3.8) is 0 Å². The lowest BCUT2D eigenvalue weighted by atomic mass is 9.84. The van der Waals surface area contributed by atoms with Crippen molar-refractivity contribution in [1.82, 2.24) is 20.6 Å². The van der Waals surface area contributed by atoms with Crippen LogP contribution in [0.15, 0.2) is 12.5 Å². The molecular formula is C13H20N4O3. The third-order valence-electron chi connectivity index (χ3n) is 3.63. The van der Waals surface area contributed by atoms with Gasteiger partial charge in [-0.15, -0.1) is 0 Å². The smallest absolute Gasteiger partial charge is 0.315 e. The van der Waals surface area contributed by atoms with Crippen LogP contribution in [-0.2, 0) is 11.2 Å². The van der Waals surface area contributed by atoms with E-state index in [1.54, 1.807) is 12.5 Å². The van der Waals surface area contributed by atoms with Crippen LogP contribution < -0.4 is 10.6 Å². The zero-order valence-electron chi connectivity index (χ0n) is 11.3. The molecule has 0 spiro atoms. The van der Waals surface area contributed by atoms with E-state index >= 15 is 0 Å². The van der Waals surface area contributed by atoms with Crippen LogP contribution in [0.25, 0.3) is 0 Å². The number of amides is 2. The highest BCUT2D eigenvalue weighted by Crippen LogP contribution is 2.24. The molecule has 1 saturated carbocycles. The molecule has 7 heteroatoms. The fourth-order valence-electron chi connectivity index (χ4n) is 2.55. The maximum atomic E-state index is 11.8. The molecule has 2 unspecified atom stereocenters. The highest BCUT2D eigenvalue weighted by molar-refractivity contribution is 5.76. The molecule has 1 aliphatic carbocycles. The number of carbonyl (C=O) groups excluding carboxylic acids is 1. The third kappa shape index (κ3) is 3.97. The number of H-pyrrole nitrogens is 1. The monoisotopic (exact) mass is 280 g/mol. The van der Waals surface area contributed by atoms with Crippen molar-refractivity contribution in [2.24, 2.45) is 5.92 Å². The van der Waals surface area contributed by atoms with E-state index in [0.29, 0.717) is 19.4 Å². The molecule has 110 valence electrons. The molecule has 1 aromatic rings. The number of hydrogen-bond acceptors (Lipinski definition) is 3. The summed E-state index contributed by atoms with van der Waals surface area (Å²) in [6, 6.07) is -0.573. The number of carbonyl (C=O) groups is 2. The van der Waals surface area contributed by atoms with Crippen LogP contribution >= 0.6 is 0 Å². The minimum atomic E-state index is -0.826. The normalized spacial score (nSPS) is 22.2. The maximum Gasteiger partial charge on any atom is 0.315 e. The van der Waals surface area contributed by atoms with E-state index in [9.17, 15) is 9.59 Å². The Morgan fingerprint density at radius 3 is 2.90 bits per heavy atom. The van der Waals surface area contributed by atoms with Crippen molar-refractivity contribution in [3.8, 4) is 0 Å². The molecule has 0 radical (unpaired) electrons. The molecule has 0 bridgehead atoms. The van der Waals surface area contributed by atoms with Gasteiger partial charge in [-0.05, 0) is 12.8 Å². The van der Waals surface area contributed by atoms with Gasteiger partial charge in [0.25, 0.3) is 0 Å². The van der Waals surface area contributed by atoms with Crippen LogP contribution in [0, 0.1) is 5.92 Å². The first-order chi connectivity index (χ1) is 9.66. The number of rotatable bonds is 5. The van der Waals surface area contributed by atoms with Gasteiger partial charge in [0.2, 0.25) is 0 Å². The predicted molar refractivity (Wildman–Crippen MR) is 72.2 cm³/mol. The second-order valence-electron chi connectivity index (χ2n) is 5.06. The van der Waals surface area contributed by atoms with Crippen LogP contribution in [0.5, 0.6) is 0 Å². The summed E-state index contributed by atoms with van der Waals surface area (Å²) in [6.45, 7) is 0.485. The number of aromatic amines is 1. The number of urea groups is 1. The second-order valence-corrected chi connectivity index (χ2v) is 5.06. The Bertz CT molecular complexity index is 446. The van der Waals surface area contributed by atoms with Crippen molar-refractivity contribution in [1.29, 1.82) is 0 Å². The van der Waals surface area contributed by atoms with Gasteiger partial charge in [0.1, 0.15) is 0 Å². The molecule has 4 N–H and O–H groups in total. The Labute approximate surface area is 117 Å². The Balaban J connectivity index is 1.73. The number of hydrogen-bond donors (Lipinski definition) is 4.